The first-order valence-electron chi connectivity index (χ1n) is 12.4. The van der Waals surface area contributed by atoms with Gasteiger partial charge in [0.1, 0.15) is 0 Å². The van der Waals surface area contributed by atoms with E-state index in [2.05, 4.69) is 22.3 Å². The van der Waals surface area contributed by atoms with E-state index in [4.69, 9.17) is 15.2 Å². The highest BCUT2D eigenvalue weighted by Crippen LogP contribution is 2.34. The molecular weight excluding hydrogens is 454 g/mol. The smallest absolute Gasteiger partial charge is 0.256 e. The summed E-state index contributed by atoms with van der Waals surface area (Å²) in [6.45, 7) is 8.02. The molecule has 7 nitrogen and oxygen atoms in total. The Morgan fingerprint density at radius 1 is 0.917 bits per heavy atom. The molecule has 0 atom stereocenters. The Balaban J connectivity index is 1.34. The van der Waals surface area contributed by atoms with Crippen molar-refractivity contribution >= 4 is 17.5 Å². The van der Waals surface area contributed by atoms with Crippen LogP contribution in [0.25, 0.3) is 0 Å². The van der Waals surface area contributed by atoms with Gasteiger partial charge >= 0.3 is 0 Å². The maximum absolute atomic E-state index is 12.6. The number of fused-ring (bicyclic) bond motifs is 1. The van der Waals surface area contributed by atoms with Crippen molar-refractivity contribution in [2.45, 2.75) is 33.2 Å². The van der Waals surface area contributed by atoms with Crippen molar-refractivity contribution in [1.82, 2.24) is 4.90 Å². The largest absolute Gasteiger partial charge is 0.490 e. The van der Waals surface area contributed by atoms with E-state index in [-0.39, 0.29) is 17.0 Å². The van der Waals surface area contributed by atoms with E-state index in [1.165, 1.54) is 16.7 Å². The fraction of sp³-hybridized carbons (Fsp3) is 0.310. The highest BCUT2D eigenvalue weighted by atomic mass is 16.5. The summed E-state index contributed by atoms with van der Waals surface area (Å²) in [5, 5.41) is 2.85. The van der Waals surface area contributed by atoms with Gasteiger partial charge in [0.15, 0.2) is 11.5 Å². The summed E-state index contributed by atoms with van der Waals surface area (Å²) in [5.74, 6) is 0.663. The summed E-state index contributed by atoms with van der Waals surface area (Å²) < 4.78 is 11.6. The minimum absolute atomic E-state index is 0.206. The quantitative estimate of drug-likeness (QED) is 0.441. The number of nitrogens with two attached hydrogens (primary N) is 1. The third kappa shape index (κ3) is 6.04. The first kappa shape index (κ1) is 25.3. The van der Waals surface area contributed by atoms with E-state index in [1.54, 1.807) is 24.3 Å². The van der Waals surface area contributed by atoms with Crippen LogP contribution in [0.1, 0.15) is 51.3 Å². The number of hydrogen-bond acceptors (Lipinski definition) is 5. The minimum Gasteiger partial charge on any atom is -0.490 e. The van der Waals surface area contributed by atoms with Gasteiger partial charge in [-0.2, -0.15) is 0 Å². The summed E-state index contributed by atoms with van der Waals surface area (Å²) in [5.41, 5.74) is 10.3. The second kappa shape index (κ2) is 11.7. The molecule has 1 aliphatic heterocycles. The SMILES string of the molecule is CCOc1cc2c(cc1OCC)CN(CCc1ccc(NC(=O)c3ccccc3C(N)=O)cc1)CC2. The molecule has 0 spiro atoms. The van der Waals surface area contributed by atoms with Crippen molar-refractivity contribution in [3.8, 4) is 11.5 Å². The molecule has 2 amide bonds. The monoisotopic (exact) mass is 487 g/mol. The topological polar surface area (TPSA) is 93.9 Å². The fourth-order valence-corrected chi connectivity index (χ4v) is 4.49. The van der Waals surface area contributed by atoms with Gasteiger partial charge < -0.3 is 20.5 Å². The van der Waals surface area contributed by atoms with Crippen molar-refractivity contribution in [2.75, 3.05) is 31.6 Å². The zero-order valence-corrected chi connectivity index (χ0v) is 20.9. The Bertz CT molecular complexity index is 1220. The average Bonchev–Trinajstić information content (AvgIpc) is 2.89. The second-order valence-electron chi connectivity index (χ2n) is 8.77. The van der Waals surface area contributed by atoms with Crippen LogP contribution in [0.15, 0.2) is 60.7 Å². The van der Waals surface area contributed by atoms with Crippen LogP contribution in [0.5, 0.6) is 11.5 Å². The van der Waals surface area contributed by atoms with Crippen LogP contribution < -0.4 is 20.5 Å². The van der Waals surface area contributed by atoms with Crippen molar-refractivity contribution in [1.29, 1.82) is 0 Å². The molecule has 7 heteroatoms. The van der Waals surface area contributed by atoms with Gasteiger partial charge in [-0.05, 0) is 79.8 Å². The van der Waals surface area contributed by atoms with Gasteiger partial charge in [-0.3, -0.25) is 14.5 Å². The predicted molar refractivity (Wildman–Crippen MR) is 141 cm³/mol. The van der Waals surface area contributed by atoms with Crippen LogP contribution in [-0.4, -0.2) is 43.0 Å². The lowest BCUT2D eigenvalue weighted by atomic mass is 9.98. The predicted octanol–water partition coefficient (Wildman–Crippen LogP) is 4.44. The molecule has 0 aromatic heterocycles. The Morgan fingerprint density at radius 3 is 2.19 bits per heavy atom. The lowest BCUT2D eigenvalue weighted by Gasteiger charge is -2.29. The summed E-state index contributed by atoms with van der Waals surface area (Å²) in [4.78, 5) is 26.7. The van der Waals surface area contributed by atoms with Crippen LogP contribution >= 0.6 is 0 Å². The zero-order valence-electron chi connectivity index (χ0n) is 20.9. The number of carbonyl (C=O) groups is 2. The Morgan fingerprint density at radius 2 is 1.56 bits per heavy atom. The number of benzene rings is 3. The molecule has 0 fully saturated rings. The molecule has 0 unspecified atom stereocenters. The fourth-order valence-electron chi connectivity index (χ4n) is 4.49. The van der Waals surface area contributed by atoms with E-state index >= 15 is 0 Å². The molecule has 1 aliphatic rings. The number of anilines is 1. The third-order valence-electron chi connectivity index (χ3n) is 6.32. The van der Waals surface area contributed by atoms with E-state index < -0.39 is 5.91 Å². The highest BCUT2D eigenvalue weighted by Gasteiger charge is 2.20. The molecule has 3 aromatic rings. The summed E-state index contributed by atoms with van der Waals surface area (Å²) in [7, 11) is 0. The number of carbonyl (C=O) groups excluding carboxylic acids is 2. The van der Waals surface area contributed by atoms with Gasteiger partial charge in [-0.25, -0.2) is 0 Å². The molecule has 3 N–H and O–H groups in total. The maximum atomic E-state index is 12.6. The Kier molecular flexibility index (Phi) is 8.23. The molecule has 0 saturated heterocycles. The van der Waals surface area contributed by atoms with Crippen molar-refractivity contribution in [2.24, 2.45) is 5.73 Å². The van der Waals surface area contributed by atoms with Crippen LogP contribution in [-0.2, 0) is 19.4 Å². The number of ether oxygens (including phenoxy) is 2. The molecule has 3 aromatic carbocycles. The van der Waals surface area contributed by atoms with E-state index in [0.29, 0.717) is 18.9 Å². The number of nitrogens with one attached hydrogen (secondary N) is 1. The number of nitrogens with zero attached hydrogens (tertiary/aromatic N) is 1. The summed E-state index contributed by atoms with van der Waals surface area (Å²) in [6, 6.07) is 18.6. The molecule has 0 radical (unpaired) electrons. The maximum Gasteiger partial charge on any atom is 0.256 e. The lowest BCUT2D eigenvalue weighted by Crippen LogP contribution is -2.32. The Labute approximate surface area is 212 Å². The van der Waals surface area contributed by atoms with Crippen LogP contribution in [0.3, 0.4) is 0 Å². The summed E-state index contributed by atoms with van der Waals surface area (Å²) >= 11 is 0. The highest BCUT2D eigenvalue weighted by molar-refractivity contribution is 6.11. The first-order valence-corrected chi connectivity index (χ1v) is 12.4. The molecular formula is C29H33N3O4. The van der Waals surface area contributed by atoms with Gasteiger partial charge in [-0.1, -0.05) is 24.3 Å². The molecule has 0 aliphatic carbocycles. The van der Waals surface area contributed by atoms with Crippen molar-refractivity contribution in [3.05, 3.63) is 88.5 Å². The minimum atomic E-state index is -0.625. The number of amides is 2. The van der Waals surface area contributed by atoms with Gasteiger partial charge in [0, 0.05) is 25.3 Å². The first-order chi connectivity index (χ1) is 17.5. The third-order valence-corrected chi connectivity index (χ3v) is 6.32. The van der Waals surface area contributed by atoms with E-state index in [9.17, 15) is 9.59 Å². The van der Waals surface area contributed by atoms with Gasteiger partial charge in [-0.15, -0.1) is 0 Å². The number of rotatable bonds is 10. The van der Waals surface area contributed by atoms with E-state index in [1.807, 2.05) is 38.1 Å². The molecule has 1 heterocycles. The molecule has 4 rings (SSSR count). The standard InChI is InChI=1S/C29H33N3O4/c1-3-35-26-17-21-14-16-32(19-22(21)18-27(26)36-4-2)15-13-20-9-11-23(12-10-20)31-29(34)25-8-6-5-7-24(25)28(30)33/h5-12,17-18H,3-4,13-16,19H2,1-2H3,(H2,30,33)(H,31,34). The van der Waals surface area contributed by atoms with Crippen LogP contribution in [0.2, 0.25) is 0 Å². The Hall–Kier alpha value is -3.84. The summed E-state index contributed by atoms with van der Waals surface area (Å²) in [6.07, 6.45) is 1.89. The second-order valence-corrected chi connectivity index (χ2v) is 8.77. The van der Waals surface area contributed by atoms with Crippen molar-refractivity contribution < 1.29 is 19.1 Å². The molecule has 188 valence electrons. The van der Waals surface area contributed by atoms with Crippen molar-refractivity contribution in [3.63, 3.8) is 0 Å². The zero-order chi connectivity index (χ0) is 25.5. The van der Waals surface area contributed by atoms with Crippen LogP contribution in [0.4, 0.5) is 5.69 Å². The van der Waals surface area contributed by atoms with E-state index in [0.717, 1.165) is 44.0 Å². The van der Waals surface area contributed by atoms with Gasteiger partial charge in [0.25, 0.3) is 5.91 Å². The number of primary amides is 1. The van der Waals surface area contributed by atoms with Gasteiger partial charge in [0.05, 0.1) is 24.3 Å². The molecule has 36 heavy (non-hydrogen) atoms. The average molecular weight is 488 g/mol. The number of hydrogen-bond donors (Lipinski definition) is 2. The van der Waals surface area contributed by atoms with Gasteiger partial charge in [0.2, 0.25) is 5.91 Å². The molecule has 0 saturated carbocycles. The van der Waals surface area contributed by atoms with Crippen LogP contribution in [0, 0.1) is 0 Å². The molecule has 0 bridgehead atoms. The normalized spacial score (nSPS) is 13.1. The lowest BCUT2D eigenvalue weighted by molar-refractivity contribution is 0.0977.